The molecule has 1 aromatic rings. The molecule has 1 rings (SSSR count). The predicted octanol–water partition coefficient (Wildman–Crippen LogP) is 1.46. The Kier molecular flexibility index (Phi) is 3.77. The van der Waals surface area contributed by atoms with Crippen molar-refractivity contribution < 1.29 is 23.0 Å². The molecule has 0 aromatic heterocycles. The van der Waals surface area contributed by atoms with Gasteiger partial charge in [0.05, 0.1) is 13.2 Å². The molecule has 1 aromatic carbocycles. The Morgan fingerprint density at radius 1 is 1.50 bits per heavy atom. The SMILES string of the molecule is COc1cccc([C@H](N)C(F)(F)CO)c1F. The number of alkyl halides is 2. The first-order valence-electron chi connectivity index (χ1n) is 4.50. The molecule has 0 amide bonds. The van der Waals surface area contributed by atoms with Crippen LogP contribution in [-0.4, -0.2) is 24.7 Å². The summed E-state index contributed by atoms with van der Waals surface area (Å²) in [4.78, 5) is 0. The third kappa shape index (κ3) is 2.28. The average Bonchev–Trinajstić information content (AvgIpc) is 2.28. The third-order valence-electron chi connectivity index (χ3n) is 2.21. The highest BCUT2D eigenvalue weighted by atomic mass is 19.3. The van der Waals surface area contributed by atoms with E-state index in [0.717, 1.165) is 6.07 Å². The largest absolute Gasteiger partial charge is 0.494 e. The lowest BCUT2D eigenvalue weighted by Gasteiger charge is -2.22. The minimum absolute atomic E-state index is 0.165. The van der Waals surface area contributed by atoms with Gasteiger partial charge in [-0.2, -0.15) is 0 Å². The first kappa shape index (κ1) is 12.8. The van der Waals surface area contributed by atoms with Crippen LogP contribution in [0.3, 0.4) is 0 Å². The highest BCUT2D eigenvalue weighted by Gasteiger charge is 2.39. The molecule has 0 saturated carbocycles. The van der Waals surface area contributed by atoms with E-state index in [1.54, 1.807) is 0 Å². The van der Waals surface area contributed by atoms with Crippen molar-refractivity contribution in [2.24, 2.45) is 5.73 Å². The standard InChI is InChI=1S/C10H12F3NO2/c1-16-7-4-2-3-6(8(7)11)9(14)10(12,13)5-15/h2-4,9,15H,5,14H2,1H3/t9-/m0/s1. The fourth-order valence-corrected chi connectivity index (χ4v) is 1.25. The number of ether oxygens (including phenoxy) is 1. The zero-order chi connectivity index (χ0) is 12.3. The molecule has 3 nitrogen and oxygen atoms in total. The number of halogens is 3. The molecule has 1 atom stereocenters. The lowest BCUT2D eigenvalue weighted by Crippen LogP contribution is -2.36. The predicted molar refractivity (Wildman–Crippen MR) is 51.9 cm³/mol. The summed E-state index contributed by atoms with van der Waals surface area (Å²) >= 11 is 0. The van der Waals surface area contributed by atoms with Crippen molar-refractivity contribution in [2.75, 3.05) is 13.7 Å². The molecule has 0 bridgehead atoms. The van der Waals surface area contributed by atoms with E-state index < -0.39 is 30.0 Å². The first-order chi connectivity index (χ1) is 7.44. The quantitative estimate of drug-likeness (QED) is 0.830. The summed E-state index contributed by atoms with van der Waals surface area (Å²) in [5.41, 5.74) is 4.81. The first-order valence-corrected chi connectivity index (χ1v) is 4.50. The molecule has 0 radical (unpaired) electrons. The summed E-state index contributed by atoms with van der Waals surface area (Å²) < 4.78 is 44.3. The van der Waals surface area contributed by atoms with Gasteiger partial charge in [-0.3, -0.25) is 0 Å². The topological polar surface area (TPSA) is 55.5 Å². The van der Waals surface area contributed by atoms with E-state index >= 15 is 0 Å². The van der Waals surface area contributed by atoms with Crippen molar-refractivity contribution in [1.82, 2.24) is 0 Å². The zero-order valence-electron chi connectivity index (χ0n) is 8.58. The zero-order valence-corrected chi connectivity index (χ0v) is 8.58. The summed E-state index contributed by atoms with van der Waals surface area (Å²) in [5.74, 6) is -4.68. The molecule has 0 fully saturated rings. The smallest absolute Gasteiger partial charge is 0.289 e. The molecule has 0 aliphatic carbocycles. The number of aliphatic hydroxyl groups is 1. The maximum Gasteiger partial charge on any atom is 0.289 e. The van der Waals surface area contributed by atoms with Crippen LogP contribution in [0.25, 0.3) is 0 Å². The van der Waals surface area contributed by atoms with Gasteiger partial charge in [-0.05, 0) is 6.07 Å². The summed E-state index contributed by atoms with van der Waals surface area (Å²) in [5, 5.41) is 8.46. The third-order valence-corrected chi connectivity index (χ3v) is 2.21. The number of hydrogen-bond acceptors (Lipinski definition) is 3. The molecular formula is C10H12F3NO2. The number of hydrogen-bond donors (Lipinski definition) is 2. The fraction of sp³-hybridized carbons (Fsp3) is 0.400. The van der Waals surface area contributed by atoms with Gasteiger partial charge < -0.3 is 15.6 Å². The molecule has 16 heavy (non-hydrogen) atoms. The van der Waals surface area contributed by atoms with E-state index in [1.807, 2.05) is 0 Å². The van der Waals surface area contributed by atoms with Crippen LogP contribution in [0.15, 0.2) is 18.2 Å². The molecule has 0 aliphatic heterocycles. The van der Waals surface area contributed by atoms with Crippen LogP contribution in [-0.2, 0) is 0 Å². The fourth-order valence-electron chi connectivity index (χ4n) is 1.25. The minimum atomic E-state index is -3.58. The van der Waals surface area contributed by atoms with E-state index in [9.17, 15) is 13.2 Å². The van der Waals surface area contributed by atoms with Gasteiger partial charge in [0.1, 0.15) is 6.61 Å². The molecule has 90 valence electrons. The molecule has 3 N–H and O–H groups in total. The normalized spacial score (nSPS) is 13.6. The van der Waals surface area contributed by atoms with Crippen molar-refractivity contribution >= 4 is 0 Å². The Balaban J connectivity index is 3.14. The van der Waals surface area contributed by atoms with Crippen molar-refractivity contribution in [2.45, 2.75) is 12.0 Å². The van der Waals surface area contributed by atoms with Gasteiger partial charge in [-0.25, -0.2) is 13.2 Å². The van der Waals surface area contributed by atoms with E-state index in [4.69, 9.17) is 10.8 Å². The Hall–Kier alpha value is -1.27. The molecule has 0 heterocycles. The van der Waals surface area contributed by atoms with Crippen LogP contribution >= 0.6 is 0 Å². The minimum Gasteiger partial charge on any atom is -0.494 e. The number of nitrogens with two attached hydrogens (primary N) is 1. The maximum absolute atomic E-state index is 13.6. The lowest BCUT2D eigenvalue weighted by molar-refractivity contribution is -0.0719. The summed E-state index contributed by atoms with van der Waals surface area (Å²) in [6, 6.07) is 1.87. The summed E-state index contributed by atoms with van der Waals surface area (Å²) in [6.45, 7) is -1.44. The Morgan fingerprint density at radius 2 is 2.12 bits per heavy atom. The molecule has 6 heteroatoms. The van der Waals surface area contributed by atoms with Crippen LogP contribution in [0.4, 0.5) is 13.2 Å². The Bertz CT molecular complexity index is 371. The second-order valence-corrected chi connectivity index (χ2v) is 3.26. The lowest BCUT2D eigenvalue weighted by atomic mass is 10.0. The average molecular weight is 235 g/mol. The second kappa shape index (κ2) is 4.71. The van der Waals surface area contributed by atoms with Gasteiger partial charge in [-0.15, -0.1) is 0 Å². The van der Waals surface area contributed by atoms with Crippen LogP contribution in [0.5, 0.6) is 5.75 Å². The van der Waals surface area contributed by atoms with Crippen LogP contribution < -0.4 is 10.5 Å². The highest BCUT2D eigenvalue weighted by molar-refractivity contribution is 5.33. The summed E-state index contributed by atoms with van der Waals surface area (Å²) in [6.07, 6.45) is 0. The number of methoxy groups -OCH3 is 1. The summed E-state index contributed by atoms with van der Waals surface area (Å²) in [7, 11) is 1.22. The van der Waals surface area contributed by atoms with Gasteiger partial charge in [-0.1, -0.05) is 12.1 Å². The van der Waals surface area contributed by atoms with Gasteiger partial charge in [0.15, 0.2) is 11.6 Å². The van der Waals surface area contributed by atoms with Crippen LogP contribution in [0.1, 0.15) is 11.6 Å². The molecule has 0 spiro atoms. The van der Waals surface area contributed by atoms with Crippen molar-refractivity contribution in [1.29, 1.82) is 0 Å². The molecule has 0 aliphatic rings. The second-order valence-electron chi connectivity index (χ2n) is 3.26. The van der Waals surface area contributed by atoms with Crippen molar-refractivity contribution in [3.05, 3.63) is 29.6 Å². The molecular weight excluding hydrogens is 223 g/mol. The van der Waals surface area contributed by atoms with E-state index in [2.05, 4.69) is 4.74 Å². The van der Waals surface area contributed by atoms with Gasteiger partial charge >= 0.3 is 0 Å². The number of rotatable bonds is 4. The van der Waals surface area contributed by atoms with E-state index in [0.29, 0.717) is 0 Å². The number of benzene rings is 1. The highest BCUT2D eigenvalue weighted by Crippen LogP contribution is 2.32. The van der Waals surface area contributed by atoms with Gasteiger partial charge in [0, 0.05) is 5.56 Å². The molecule has 0 unspecified atom stereocenters. The van der Waals surface area contributed by atoms with Crippen molar-refractivity contribution in [3.63, 3.8) is 0 Å². The Labute approximate surface area is 90.6 Å². The Morgan fingerprint density at radius 3 is 2.62 bits per heavy atom. The van der Waals surface area contributed by atoms with Gasteiger partial charge in [0.2, 0.25) is 0 Å². The van der Waals surface area contributed by atoms with Gasteiger partial charge in [0.25, 0.3) is 5.92 Å². The van der Waals surface area contributed by atoms with Crippen LogP contribution in [0.2, 0.25) is 0 Å². The van der Waals surface area contributed by atoms with E-state index in [1.165, 1.54) is 19.2 Å². The maximum atomic E-state index is 13.6. The number of aliphatic hydroxyl groups excluding tert-OH is 1. The van der Waals surface area contributed by atoms with Crippen LogP contribution in [0, 0.1) is 5.82 Å². The molecule has 0 saturated heterocycles. The van der Waals surface area contributed by atoms with Crippen molar-refractivity contribution in [3.8, 4) is 5.75 Å². The van der Waals surface area contributed by atoms with E-state index in [-0.39, 0.29) is 5.75 Å². The monoisotopic (exact) mass is 235 g/mol.